The summed E-state index contributed by atoms with van der Waals surface area (Å²) in [5, 5.41) is 6.99. The maximum absolute atomic E-state index is 13.5. The summed E-state index contributed by atoms with van der Waals surface area (Å²) in [7, 11) is 1.74. The Morgan fingerprint density at radius 3 is 3.00 bits per heavy atom. The van der Waals surface area contributed by atoms with Crippen LogP contribution in [0.1, 0.15) is 23.2 Å². The summed E-state index contributed by atoms with van der Waals surface area (Å²) in [4.78, 5) is 38.1. The lowest BCUT2D eigenvalue weighted by atomic mass is 10.1. The number of rotatable bonds is 5. The van der Waals surface area contributed by atoms with Gasteiger partial charge in [0.15, 0.2) is 0 Å². The third-order valence-electron chi connectivity index (χ3n) is 5.82. The smallest absolute Gasteiger partial charge is 0.388 e. The van der Waals surface area contributed by atoms with Crippen LogP contribution in [0.4, 0.5) is 21.8 Å². The molecule has 2 aromatic heterocycles. The minimum Gasteiger partial charge on any atom is -0.388 e. The molecule has 166 valence electrons. The van der Waals surface area contributed by atoms with Gasteiger partial charge in [-0.25, -0.2) is 14.2 Å². The van der Waals surface area contributed by atoms with E-state index >= 15 is 0 Å². The van der Waals surface area contributed by atoms with E-state index in [2.05, 4.69) is 25.3 Å². The van der Waals surface area contributed by atoms with Crippen molar-refractivity contribution in [3.63, 3.8) is 0 Å². The molecule has 3 aromatic rings. The molecule has 1 atom stereocenters. The van der Waals surface area contributed by atoms with Crippen molar-refractivity contribution in [3.05, 3.63) is 46.6 Å². The molecule has 1 N–H and O–H groups in total. The van der Waals surface area contributed by atoms with Crippen LogP contribution in [0.3, 0.4) is 0 Å². The molecule has 11 heteroatoms. The lowest BCUT2D eigenvalue weighted by Gasteiger charge is -2.27. The van der Waals surface area contributed by atoms with Gasteiger partial charge in [0.2, 0.25) is 11.8 Å². The summed E-state index contributed by atoms with van der Waals surface area (Å²) in [6.45, 7) is 0.433. The molecule has 0 aliphatic carbocycles. The monoisotopic (exact) mass is 439 g/mol. The molecule has 32 heavy (non-hydrogen) atoms. The van der Waals surface area contributed by atoms with E-state index in [-0.39, 0.29) is 24.4 Å². The van der Waals surface area contributed by atoms with Gasteiger partial charge in [0.25, 0.3) is 5.91 Å². The number of aryl methyl sites for hydroxylation is 1. The van der Waals surface area contributed by atoms with Crippen LogP contribution in [0, 0.1) is 0 Å². The zero-order chi connectivity index (χ0) is 22.2. The molecule has 0 unspecified atom stereocenters. The van der Waals surface area contributed by atoms with Crippen molar-refractivity contribution < 1.29 is 13.6 Å². The fourth-order valence-electron chi connectivity index (χ4n) is 4.28. The van der Waals surface area contributed by atoms with Crippen molar-refractivity contribution in [2.75, 3.05) is 41.9 Å². The van der Waals surface area contributed by atoms with Gasteiger partial charge in [0.05, 0.1) is 6.54 Å². The van der Waals surface area contributed by atoms with E-state index in [1.54, 1.807) is 36.3 Å². The van der Waals surface area contributed by atoms with E-state index < -0.39 is 12.4 Å². The Kier molecular flexibility index (Phi) is 5.08. The fourth-order valence-corrected chi connectivity index (χ4v) is 4.28. The lowest BCUT2D eigenvalue weighted by molar-refractivity contribution is 0.0988. The van der Waals surface area contributed by atoms with Gasteiger partial charge in [-0.2, -0.15) is 9.67 Å². The Morgan fingerprint density at radius 1 is 1.31 bits per heavy atom. The van der Waals surface area contributed by atoms with Gasteiger partial charge >= 0.3 is 5.76 Å². The van der Waals surface area contributed by atoms with Crippen LogP contribution < -0.4 is 20.9 Å². The molecule has 0 radical (unpaired) electrons. The quantitative estimate of drug-likeness (QED) is 0.642. The summed E-state index contributed by atoms with van der Waals surface area (Å²) < 4.78 is 18.8. The molecular weight excluding hydrogens is 417 g/mol. The topological polar surface area (TPSA) is 109 Å². The van der Waals surface area contributed by atoms with Gasteiger partial charge in [0, 0.05) is 43.6 Å². The third-order valence-corrected chi connectivity index (χ3v) is 5.82. The maximum atomic E-state index is 13.5. The van der Waals surface area contributed by atoms with Crippen LogP contribution in [0.5, 0.6) is 0 Å². The first-order chi connectivity index (χ1) is 15.6. The summed E-state index contributed by atoms with van der Waals surface area (Å²) in [5.41, 5.74) is 1.62. The SMILES string of the molecule is CNc1ncc2c(n1)N1CCC[C@H]1CN(c1cccc(-c3nn(CCF)c(=O)o3)c1)C2=O. The van der Waals surface area contributed by atoms with E-state index in [4.69, 9.17) is 4.42 Å². The van der Waals surface area contributed by atoms with Crippen LogP contribution in [0.25, 0.3) is 11.5 Å². The van der Waals surface area contributed by atoms with E-state index in [1.807, 2.05) is 6.07 Å². The van der Waals surface area contributed by atoms with Gasteiger partial charge in [-0.15, -0.1) is 5.10 Å². The highest BCUT2D eigenvalue weighted by molar-refractivity contribution is 6.10. The Bertz CT molecular complexity index is 1220. The normalized spacial score (nSPS) is 17.8. The number of halogens is 1. The molecular formula is C21H22FN7O3. The number of carbonyl (C=O) groups is 1. The number of anilines is 3. The van der Waals surface area contributed by atoms with Gasteiger partial charge < -0.3 is 19.5 Å². The van der Waals surface area contributed by atoms with Crippen LogP contribution in [-0.2, 0) is 6.54 Å². The second kappa shape index (κ2) is 8.06. The van der Waals surface area contributed by atoms with Crippen molar-refractivity contribution in [3.8, 4) is 11.5 Å². The number of fused-ring (bicyclic) bond motifs is 3. The Balaban J connectivity index is 1.54. The van der Waals surface area contributed by atoms with Gasteiger partial charge in [-0.05, 0) is 31.0 Å². The number of aromatic nitrogens is 4. The molecule has 0 bridgehead atoms. The van der Waals surface area contributed by atoms with E-state index in [1.165, 1.54) is 0 Å². The second-order valence-corrected chi connectivity index (χ2v) is 7.72. The summed E-state index contributed by atoms with van der Waals surface area (Å²) >= 11 is 0. The maximum Gasteiger partial charge on any atom is 0.437 e. The molecule has 10 nitrogen and oxygen atoms in total. The number of hydrogen-bond acceptors (Lipinski definition) is 8. The zero-order valence-electron chi connectivity index (χ0n) is 17.5. The highest BCUT2D eigenvalue weighted by Gasteiger charge is 2.37. The van der Waals surface area contributed by atoms with Gasteiger partial charge in [-0.1, -0.05) is 6.07 Å². The van der Waals surface area contributed by atoms with Gasteiger partial charge in [-0.3, -0.25) is 4.79 Å². The first-order valence-corrected chi connectivity index (χ1v) is 10.5. The molecule has 2 aliphatic rings. The molecule has 1 fully saturated rings. The number of nitrogens with one attached hydrogen (secondary N) is 1. The average molecular weight is 439 g/mol. The number of nitrogens with zero attached hydrogens (tertiary/aromatic N) is 6. The number of benzene rings is 1. The molecule has 4 heterocycles. The minimum atomic E-state index is -0.720. The van der Waals surface area contributed by atoms with Gasteiger partial charge in [0.1, 0.15) is 18.1 Å². The second-order valence-electron chi connectivity index (χ2n) is 7.72. The number of hydrogen-bond donors (Lipinski definition) is 1. The molecule has 0 spiro atoms. The zero-order valence-corrected chi connectivity index (χ0v) is 17.5. The molecule has 1 saturated heterocycles. The first kappa shape index (κ1) is 20.2. The number of carbonyl (C=O) groups excluding carboxylic acids is 1. The van der Waals surface area contributed by atoms with Crippen molar-refractivity contribution in [2.45, 2.75) is 25.4 Å². The predicted molar refractivity (Wildman–Crippen MR) is 116 cm³/mol. The highest BCUT2D eigenvalue weighted by atomic mass is 19.1. The van der Waals surface area contributed by atoms with Crippen molar-refractivity contribution >= 4 is 23.4 Å². The average Bonchev–Trinajstić information content (AvgIpc) is 3.41. The Morgan fingerprint density at radius 2 is 2.19 bits per heavy atom. The molecule has 1 aromatic carbocycles. The summed E-state index contributed by atoms with van der Waals surface area (Å²) in [6, 6.07) is 7.20. The van der Waals surface area contributed by atoms with Crippen LogP contribution in [0.15, 0.2) is 39.7 Å². The molecule has 2 aliphatic heterocycles. The standard InChI is InChI=1S/C21H22FN7O3/c1-23-20-24-11-16-17(25-20)27-8-3-6-15(27)12-28(19(16)30)14-5-2-4-13(10-14)18-26-29(9-7-22)21(31)32-18/h2,4-5,10-11,15H,3,6-9,12H2,1H3,(H,23,24,25)/t15-/m0/s1. The first-order valence-electron chi connectivity index (χ1n) is 10.5. The minimum absolute atomic E-state index is 0.0810. The highest BCUT2D eigenvalue weighted by Crippen LogP contribution is 2.34. The van der Waals surface area contributed by atoms with Crippen LogP contribution >= 0.6 is 0 Å². The van der Waals surface area contributed by atoms with Crippen LogP contribution in [-0.4, -0.2) is 58.5 Å². The third kappa shape index (κ3) is 3.39. The fraction of sp³-hybridized carbons (Fsp3) is 0.381. The summed E-state index contributed by atoms with van der Waals surface area (Å²) in [5.74, 6) is 0.279. The van der Waals surface area contributed by atoms with Crippen LogP contribution in [0.2, 0.25) is 0 Å². The molecule has 0 saturated carbocycles. The van der Waals surface area contributed by atoms with Crippen molar-refractivity contribution in [1.29, 1.82) is 0 Å². The van der Waals surface area contributed by atoms with E-state index in [0.717, 1.165) is 24.1 Å². The van der Waals surface area contributed by atoms with E-state index in [0.29, 0.717) is 35.1 Å². The molecule has 1 amide bonds. The predicted octanol–water partition coefficient (Wildman–Crippen LogP) is 1.93. The van der Waals surface area contributed by atoms with Crippen molar-refractivity contribution in [1.82, 2.24) is 19.7 Å². The number of amides is 1. The Hall–Kier alpha value is -3.76. The molecule has 5 rings (SSSR count). The van der Waals surface area contributed by atoms with Crippen molar-refractivity contribution in [2.24, 2.45) is 0 Å². The van der Waals surface area contributed by atoms with E-state index in [9.17, 15) is 14.0 Å². The largest absolute Gasteiger partial charge is 0.437 e. The Labute approximate surface area is 182 Å². The lowest BCUT2D eigenvalue weighted by Crippen LogP contribution is -2.39. The summed E-state index contributed by atoms with van der Waals surface area (Å²) in [6.07, 6.45) is 3.53. The number of alkyl halides is 1.